The molecule has 2 aliphatic rings. The van der Waals surface area contributed by atoms with Crippen LogP contribution in [0.25, 0.3) is 44.5 Å². The Bertz CT molecular complexity index is 1980. The lowest BCUT2D eigenvalue weighted by atomic mass is 9.80. The predicted molar refractivity (Wildman–Crippen MR) is 167 cm³/mol. The Hall–Kier alpha value is -5.43. The van der Waals surface area contributed by atoms with Gasteiger partial charge in [-0.15, -0.1) is 0 Å². The molecule has 0 atom stereocenters. The quantitative estimate of drug-likeness (QED) is 0.225. The molecule has 0 aromatic heterocycles. The largest absolute Gasteiger partial charge is 0.192 e. The maximum atomic E-state index is 10.5. The lowest BCUT2D eigenvalue weighted by molar-refractivity contribution is 0.660. The maximum absolute atomic E-state index is 10.5. The highest BCUT2D eigenvalue weighted by molar-refractivity contribution is 5.89. The first-order valence-corrected chi connectivity index (χ1v) is 14.1. The first kappa shape index (κ1) is 25.5. The molecule has 198 valence electrons. The highest BCUT2D eigenvalue weighted by atomic mass is 14.4. The number of nitrogens with zero attached hydrogens (tertiary/aromatic N) is 3. The molecule has 3 nitrogen and oxygen atoms in total. The molecule has 7 rings (SSSR count). The first-order valence-electron chi connectivity index (χ1n) is 14.1. The van der Waals surface area contributed by atoms with E-state index in [2.05, 4.69) is 94.4 Å². The Morgan fingerprint density at radius 1 is 0.429 bits per heavy atom. The van der Waals surface area contributed by atoms with E-state index < -0.39 is 0 Å². The van der Waals surface area contributed by atoms with E-state index in [9.17, 15) is 15.8 Å². The highest BCUT2D eigenvalue weighted by Gasteiger charge is 2.37. The van der Waals surface area contributed by atoms with Crippen molar-refractivity contribution in [1.29, 1.82) is 15.8 Å². The minimum atomic E-state index is -0.260. The van der Waals surface area contributed by atoms with Crippen LogP contribution in [0.1, 0.15) is 66.6 Å². The van der Waals surface area contributed by atoms with E-state index in [1.165, 1.54) is 33.4 Å². The lowest BCUT2D eigenvalue weighted by Crippen LogP contribution is -2.15. The van der Waals surface area contributed by atoms with Crippen molar-refractivity contribution in [2.24, 2.45) is 0 Å². The van der Waals surface area contributed by atoms with Crippen LogP contribution < -0.4 is 0 Å². The lowest BCUT2D eigenvalue weighted by Gasteiger charge is -2.23. The molecule has 0 aliphatic heterocycles. The van der Waals surface area contributed by atoms with Gasteiger partial charge in [0, 0.05) is 22.0 Å². The van der Waals surface area contributed by atoms with Gasteiger partial charge in [0.25, 0.3) is 0 Å². The first-order chi connectivity index (χ1) is 20.2. The Balaban J connectivity index is 1.34. The van der Waals surface area contributed by atoms with Gasteiger partial charge in [0.1, 0.15) is 6.07 Å². The summed E-state index contributed by atoms with van der Waals surface area (Å²) in [6.45, 7) is 8.81. The molecule has 0 unspecified atom stereocenters. The third-order valence-electron chi connectivity index (χ3n) is 9.41. The van der Waals surface area contributed by atoms with Gasteiger partial charge in [-0.3, -0.25) is 0 Å². The summed E-state index contributed by atoms with van der Waals surface area (Å²) < 4.78 is 0. The van der Waals surface area contributed by atoms with E-state index in [1.54, 1.807) is 0 Å². The number of benzene rings is 5. The van der Waals surface area contributed by atoms with E-state index in [1.807, 2.05) is 42.5 Å². The van der Waals surface area contributed by atoms with Crippen LogP contribution in [0, 0.1) is 34.0 Å². The standard InChI is InChI=1S/C39H27N3/c1-38(2)34-16-23(20-40)8-12-29(34)31-14-10-25(18-36(31)38)27-6-5-7-28(33(27)22-42)26-11-15-32-30-13-9-24(21-41)17-35(30)39(3,4)37(32)19-26/h5-19H,1-4H3. The van der Waals surface area contributed by atoms with Crippen LogP contribution in [0.15, 0.2) is 91.0 Å². The molecular formula is C39H27N3. The van der Waals surface area contributed by atoms with E-state index >= 15 is 0 Å². The van der Waals surface area contributed by atoms with Crippen molar-refractivity contribution >= 4 is 0 Å². The van der Waals surface area contributed by atoms with E-state index in [-0.39, 0.29) is 10.8 Å². The zero-order valence-corrected chi connectivity index (χ0v) is 24.0. The number of nitriles is 3. The fourth-order valence-electron chi connectivity index (χ4n) is 7.10. The third kappa shape index (κ3) is 3.43. The smallest absolute Gasteiger partial charge is 0.100 e. The average molecular weight is 538 g/mol. The third-order valence-corrected chi connectivity index (χ3v) is 9.41. The number of fused-ring (bicyclic) bond motifs is 6. The van der Waals surface area contributed by atoms with Crippen molar-refractivity contribution in [3.05, 3.63) is 130 Å². The van der Waals surface area contributed by atoms with Crippen LogP contribution in [-0.4, -0.2) is 0 Å². The van der Waals surface area contributed by atoms with Gasteiger partial charge in [0.2, 0.25) is 0 Å². The van der Waals surface area contributed by atoms with Gasteiger partial charge in [0.05, 0.1) is 28.8 Å². The zero-order chi connectivity index (χ0) is 29.4. The zero-order valence-electron chi connectivity index (χ0n) is 24.0. The highest BCUT2D eigenvalue weighted by Crippen LogP contribution is 2.52. The summed E-state index contributed by atoms with van der Waals surface area (Å²) in [4.78, 5) is 0. The summed E-state index contributed by atoms with van der Waals surface area (Å²) in [5.41, 5.74) is 14.7. The molecule has 0 spiro atoms. The van der Waals surface area contributed by atoms with Crippen molar-refractivity contribution in [1.82, 2.24) is 0 Å². The monoisotopic (exact) mass is 537 g/mol. The second kappa shape index (κ2) is 8.78. The van der Waals surface area contributed by atoms with Crippen LogP contribution in [0.4, 0.5) is 0 Å². The molecule has 0 fully saturated rings. The van der Waals surface area contributed by atoms with E-state index in [0.29, 0.717) is 16.7 Å². The predicted octanol–water partition coefficient (Wildman–Crippen LogP) is 9.25. The van der Waals surface area contributed by atoms with Gasteiger partial charge in [-0.25, -0.2) is 0 Å². The topological polar surface area (TPSA) is 71.4 Å². The molecule has 0 heterocycles. The van der Waals surface area contributed by atoms with Gasteiger partial charge >= 0.3 is 0 Å². The van der Waals surface area contributed by atoms with Crippen molar-refractivity contribution in [3.8, 4) is 62.7 Å². The maximum Gasteiger partial charge on any atom is 0.100 e. The van der Waals surface area contributed by atoms with Crippen LogP contribution >= 0.6 is 0 Å². The van der Waals surface area contributed by atoms with Gasteiger partial charge in [-0.1, -0.05) is 82.3 Å². The molecule has 0 N–H and O–H groups in total. The summed E-state index contributed by atoms with van der Waals surface area (Å²) in [6, 6.07) is 38.0. The Morgan fingerprint density at radius 2 is 0.810 bits per heavy atom. The molecule has 2 aliphatic carbocycles. The Morgan fingerprint density at radius 3 is 1.19 bits per heavy atom. The van der Waals surface area contributed by atoms with Crippen molar-refractivity contribution in [2.45, 2.75) is 38.5 Å². The molecule has 0 radical (unpaired) electrons. The molecule has 5 aromatic rings. The molecule has 0 amide bonds. The molecule has 0 saturated heterocycles. The van der Waals surface area contributed by atoms with Gasteiger partial charge in [-0.05, 0) is 92.0 Å². The van der Waals surface area contributed by atoms with Crippen LogP contribution in [0.2, 0.25) is 0 Å². The molecule has 0 saturated carbocycles. The fraction of sp³-hybridized carbons (Fsp3) is 0.154. The van der Waals surface area contributed by atoms with Gasteiger partial charge < -0.3 is 0 Å². The average Bonchev–Trinajstić information content (AvgIpc) is 3.38. The van der Waals surface area contributed by atoms with E-state index in [0.717, 1.165) is 33.4 Å². The van der Waals surface area contributed by atoms with Gasteiger partial charge in [0.15, 0.2) is 0 Å². The molecule has 3 heteroatoms. The van der Waals surface area contributed by atoms with Crippen molar-refractivity contribution in [3.63, 3.8) is 0 Å². The summed E-state index contributed by atoms with van der Waals surface area (Å²) in [7, 11) is 0. The van der Waals surface area contributed by atoms with Crippen molar-refractivity contribution < 1.29 is 0 Å². The molecule has 0 bridgehead atoms. The van der Waals surface area contributed by atoms with Crippen LogP contribution in [0.5, 0.6) is 0 Å². The van der Waals surface area contributed by atoms with E-state index in [4.69, 9.17) is 0 Å². The van der Waals surface area contributed by atoms with Crippen LogP contribution in [-0.2, 0) is 10.8 Å². The number of hydrogen-bond donors (Lipinski definition) is 0. The molecular weight excluding hydrogens is 510 g/mol. The summed E-state index contributed by atoms with van der Waals surface area (Å²) in [6.07, 6.45) is 0. The minimum absolute atomic E-state index is 0.260. The SMILES string of the molecule is CC1(C)c2cc(C#N)ccc2-c2ccc(-c3cccc(-c4ccc5c(c4)C(C)(C)c4cc(C#N)ccc4-5)c3C#N)cc21. The second-order valence-electron chi connectivity index (χ2n) is 12.4. The summed E-state index contributed by atoms with van der Waals surface area (Å²) >= 11 is 0. The Labute approximate surface area is 246 Å². The van der Waals surface area contributed by atoms with Gasteiger partial charge in [-0.2, -0.15) is 15.8 Å². The van der Waals surface area contributed by atoms with Crippen LogP contribution in [0.3, 0.4) is 0 Å². The minimum Gasteiger partial charge on any atom is -0.192 e. The molecule has 5 aromatic carbocycles. The fourth-order valence-corrected chi connectivity index (χ4v) is 7.10. The summed E-state index contributed by atoms with van der Waals surface area (Å²) in [5, 5.41) is 29.5. The number of hydrogen-bond acceptors (Lipinski definition) is 3. The number of rotatable bonds is 2. The molecule has 42 heavy (non-hydrogen) atoms. The second-order valence-corrected chi connectivity index (χ2v) is 12.4. The summed E-state index contributed by atoms with van der Waals surface area (Å²) in [5.74, 6) is 0. The normalized spacial score (nSPS) is 14.5. The van der Waals surface area contributed by atoms with Crippen molar-refractivity contribution in [2.75, 3.05) is 0 Å². The Kier molecular flexibility index (Phi) is 5.34.